The average molecular weight is 351 g/mol. The summed E-state index contributed by atoms with van der Waals surface area (Å²) >= 11 is 5.39. The lowest BCUT2D eigenvalue weighted by atomic mass is 10.0. The van der Waals surface area contributed by atoms with E-state index in [0.29, 0.717) is 17.9 Å². The molecule has 4 rings (SSSR count). The van der Waals surface area contributed by atoms with E-state index >= 15 is 0 Å². The third-order valence-corrected chi connectivity index (χ3v) is 5.17. The van der Waals surface area contributed by atoms with E-state index in [1.165, 1.54) is 28.7 Å². The smallest absolute Gasteiger partial charge is 0.195 e. The van der Waals surface area contributed by atoms with Gasteiger partial charge < -0.3 is 4.74 Å². The van der Waals surface area contributed by atoms with Gasteiger partial charge in [0.25, 0.3) is 0 Å². The van der Waals surface area contributed by atoms with Gasteiger partial charge in [-0.25, -0.2) is 0 Å². The van der Waals surface area contributed by atoms with Gasteiger partial charge in [0.15, 0.2) is 10.6 Å². The van der Waals surface area contributed by atoms with Crippen molar-refractivity contribution in [1.29, 1.82) is 0 Å². The highest BCUT2D eigenvalue weighted by Crippen LogP contribution is 2.33. The first-order chi connectivity index (χ1) is 12.2. The summed E-state index contributed by atoms with van der Waals surface area (Å²) in [7, 11) is 0. The predicted molar refractivity (Wildman–Crippen MR) is 100 cm³/mol. The van der Waals surface area contributed by atoms with Crippen LogP contribution < -0.4 is 4.74 Å². The molecule has 0 aliphatic heterocycles. The summed E-state index contributed by atoms with van der Waals surface area (Å²) in [6.07, 6.45) is 3.47. The molecule has 1 aliphatic carbocycles. The Hall–Kier alpha value is -2.40. The van der Waals surface area contributed by atoms with Gasteiger partial charge in [0.1, 0.15) is 12.4 Å². The van der Waals surface area contributed by atoms with Crippen molar-refractivity contribution in [3.63, 3.8) is 0 Å². The van der Waals surface area contributed by atoms with E-state index in [2.05, 4.69) is 41.4 Å². The summed E-state index contributed by atoms with van der Waals surface area (Å²) in [5, 5.41) is 7.25. The Kier molecular flexibility index (Phi) is 4.40. The molecular weight excluding hydrogens is 330 g/mol. The zero-order valence-corrected chi connectivity index (χ0v) is 15.1. The largest absolute Gasteiger partial charge is 0.485 e. The van der Waals surface area contributed by atoms with Gasteiger partial charge in [-0.3, -0.25) is 9.67 Å². The van der Waals surface area contributed by atoms with Crippen LogP contribution in [0.2, 0.25) is 0 Å². The molecule has 1 N–H and O–H groups in total. The first-order valence-electron chi connectivity index (χ1n) is 8.64. The van der Waals surface area contributed by atoms with E-state index in [-0.39, 0.29) is 0 Å². The number of hydrogen-bond acceptors (Lipinski definition) is 3. The molecule has 2 aromatic carbocycles. The van der Waals surface area contributed by atoms with Crippen molar-refractivity contribution in [1.82, 2.24) is 14.8 Å². The maximum absolute atomic E-state index is 6.13. The molecule has 0 amide bonds. The Labute approximate surface area is 152 Å². The van der Waals surface area contributed by atoms with E-state index in [9.17, 15) is 0 Å². The minimum Gasteiger partial charge on any atom is -0.485 e. The van der Waals surface area contributed by atoms with Crippen LogP contribution in [0.4, 0.5) is 0 Å². The lowest BCUT2D eigenvalue weighted by Gasteiger charge is -2.13. The van der Waals surface area contributed by atoms with Crippen LogP contribution in [0.1, 0.15) is 34.5 Å². The minimum atomic E-state index is 0.412. The zero-order chi connectivity index (χ0) is 17.2. The summed E-state index contributed by atoms with van der Waals surface area (Å²) in [4.78, 5) is 0. The number of nitrogens with one attached hydrogen (secondary N) is 1. The molecule has 25 heavy (non-hydrogen) atoms. The normalized spacial score (nSPS) is 13.0. The third-order valence-electron chi connectivity index (χ3n) is 4.85. The van der Waals surface area contributed by atoms with Crippen molar-refractivity contribution in [2.75, 3.05) is 0 Å². The second-order valence-corrected chi connectivity index (χ2v) is 6.88. The molecule has 0 fully saturated rings. The monoisotopic (exact) mass is 351 g/mol. The second-order valence-electron chi connectivity index (χ2n) is 6.50. The Morgan fingerprint density at radius 3 is 2.76 bits per heavy atom. The number of aromatic nitrogens is 3. The van der Waals surface area contributed by atoms with E-state index in [1.54, 1.807) is 0 Å². The molecule has 0 radical (unpaired) electrons. The van der Waals surface area contributed by atoms with E-state index in [1.807, 2.05) is 22.8 Å². The molecule has 0 saturated heterocycles. The number of hydrogen-bond donors (Lipinski definition) is 1. The van der Waals surface area contributed by atoms with Gasteiger partial charge in [-0.1, -0.05) is 36.4 Å². The summed E-state index contributed by atoms with van der Waals surface area (Å²) < 4.78 is 8.75. The molecule has 0 spiro atoms. The topological polar surface area (TPSA) is 42.8 Å². The highest BCUT2D eigenvalue weighted by molar-refractivity contribution is 7.71. The predicted octanol–water partition coefficient (Wildman–Crippen LogP) is 4.37. The van der Waals surface area contributed by atoms with Crippen LogP contribution in [-0.2, 0) is 26.0 Å². The SMILES string of the molecule is Cc1ccc(OCc2n[nH]c(=S)n2Cc2ccccc2)c2c1CCC2. The standard InChI is InChI=1S/C20H21N3OS/c1-14-10-11-18(17-9-5-8-16(14)17)24-13-19-21-22-20(25)23(19)12-15-6-3-2-4-7-15/h2-4,6-7,10-11H,5,8-9,12-13H2,1H3,(H,22,25). The van der Waals surface area contributed by atoms with Crippen LogP contribution in [0.15, 0.2) is 42.5 Å². The first-order valence-corrected chi connectivity index (χ1v) is 9.05. The summed E-state index contributed by atoms with van der Waals surface area (Å²) in [6, 6.07) is 14.5. The lowest BCUT2D eigenvalue weighted by molar-refractivity contribution is 0.287. The lowest BCUT2D eigenvalue weighted by Crippen LogP contribution is -2.09. The number of rotatable bonds is 5. The van der Waals surface area contributed by atoms with Gasteiger partial charge in [-0.2, -0.15) is 5.10 Å². The van der Waals surface area contributed by atoms with Crippen molar-refractivity contribution >= 4 is 12.2 Å². The number of benzene rings is 2. The molecule has 1 aromatic heterocycles. The molecule has 1 heterocycles. The van der Waals surface area contributed by atoms with Gasteiger partial charge in [-0.15, -0.1) is 0 Å². The van der Waals surface area contributed by atoms with Crippen LogP contribution in [0.5, 0.6) is 5.75 Å². The van der Waals surface area contributed by atoms with Crippen LogP contribution in [0, 0.1) is 11.7 Å². The summed E-state index contributed by atoms with van der Waals surface area (Å²) in [6.45, 7) is 3.29. The fourth-order valence-electron chi connectivity index (χ4n) is 3.52. The van der Waals surface area contributed by atoms with E-state index in [0.717, 1.165) is 24.4 Å². The van der Waals surface area contributed by atoms with Crippen molar-refractivity contribution in [3.05, 3.63) is 75.3 Å². The van der Waals surface area contributed by atoms with Crippen LogP contribution in [-0.4, -0.2) is 14.8 Å². The Bertz CT molecular complexity index is 943. The second kappa shape index (κ2) is 6.84. The molecule has 0 atom stereocenters. The molecule has 1 aliphatic rings. The van der Waals surface area contributed by atoms with Gasteiger partial charge in [0, 0.05) is 0 Å². The molecule has 0 unspecified atom stereocenters. The summed E-state index contributed by atoms with van der Waals surface area (Å²) in [5.41, 5.74) is 5.38. The fourth-order valence-corrected chi connectivity index (χ4v) is 3.74. The Morgan fingerprint density at radius 2 is 1.92 bits per heavy atom. The summed E-state index contributed by atoms with van der Waals surface area (Å²) in [5.74, 6) is 1.81. The average Bonchev–Trinajstić information content (AvgIpc) is 3.25. The van der Waals surface area contributed by atoms with Gasteiger partial charge >= 0.3 is 0 Å². The minimum absolute atomic E-state index is 0.412. The maximum atomic E-state index is 6.13. The molecule has 5 heteroatoms. The number of ether oxygens (including phenoxy) is 1. The van der Waals surface area contributed by atoms with Gasteiger partial charge in [0.2, 0.25) is 0 Å². The number of nitrogens with zero attached hydrogens (tertiary/aromatic N) is 2. The van der Waals surface area contributed by atoms with E-state index in [4.69, 9.17) is 17.0 Å². The fraction of sp³-hybridized carbons (Fsp3) is 0.300. The molecule has 4 nitrogen and oxygen atoms in total. The van der Waals surface area contributed by atoms with Crippen molar-refractivity contribution in [3.8, 4) is 5.75 Å². The highest BCUT2D eigenvalue weighted by atomic mass is 32.1. The maximum Gasteiger partial charge on any atom is 0.195 e. The number of aromatic amines is 1. The number of aryl methyl sites for hydroxylation is 1. The van der Waals surface area contributed by atoms with Gasteiger partial charge in [0.05, 0.1) is 6.54 Å². The molecular formula is C20H21N3OS. The van der Waals surface area contributed by atoms with Crippen molar-refractivity contribution in [2.45, 2.75) is 39.3 Å². The van der Waals surface area contributed by atoms with E-state index < -0.39 is 0 Å². The van der Waals surface area contributed by atoms with Crippen LogP contribution >= 0.6 is 12.2 Å². The Balaban J connectivity index is 1.55. The number of fused-ring (bicyclic) bond motifs is 1. The molecule has 0 bridgehead atoms. The van der Waals surface area contributed by atoms with Crippen LogP contribution in [0.3, 0.4) is 0 Å². The first kappa shape index (κ1) is 16.1. The quantitative estimate of drug-likeness (QED) is 0.694. The molecule has 128 valence electrons. The Morgan fingerprint density at radius 1 is 1.12 bits per heavy atom. The molecule has 3 aromatic rings. The highest BCUT2D eigenvalue weighted by Gasteiger charge is 2.18. The zero-order valence-electron chi connectivity index (χ0n) is 14.3. The molecule has 0 saturated carbocycles. The number of H-pyrrole nitrogens is 1. The van der Waals surface area contributed by atoms with Gasteiger partial charge in [-0.05, 0) is 66.7 Å². The van der Waals surface area contributed by atoms with Crippen molar-refractivity contribution in [2.24, 2.45) is 0 Å². The third kappa shape index (κ3) is 3.24. The van der Waals surface area contributed by atoms with Crippen LogP contribution in [0.25, 0.3) is 0 Å². The van der Waals surface area contributed by atoms with Crippen molar-refractivity contribution < 1.29 is 4.74 Å².